The molecule has 0 bridgehead atoms. The second-order valence-corrected chi connectivity index (χ2v) is 6.51. The van der Waals surface area contributed by atoms with Crippen molar-refractivity contribution in [3.8, 4) is 0 Å². The number of hydrogen-bond donors (Lipinski definition) is 2. The molecule has 0 aromatic carbocycles. The van der Waals surface area contributed by atoms with Gasteiger partial charge in [-0.3, -0.25) is 5.43 Å². The molecule has 1 aromatic heterocycles. The second kappa shape index (κ2) is 5.78. The topological polar surface area (TPSA) is 83.2 Å². The second-order valence-electron chi connectivity index (χ2n) is 6.51. The fourth-order valence-corrected chi connectivity index (χ4v) is 2.43. The minimum Gasteiger partial charge on any atom is -0.343 e. The van der Waals surface area contributed by atoms with Crippen LogP contribution in [0.25, 0.3) is 0 Å². The number of nitrogens with one attached hydrogen (secondary N) is 1. The summed E-state index contributed by atoms with van der Waals surface area (Å²) < 4.78 is 0. The van der Waals surface area contributed by atoms with Gasteiger partial charge in [0.15, 0.2) is 0 Å². The van der Waals surface area contributed by atoms with Crippen LogP contribution in [0.15, 0.2) is 0 Å². The first-order valence-electron chi connectivity index (χ1n) is 7.08. The van der Waals surface area contributed by atoms with E-state index in [0.717, 1.165) is 19.6 Å². The van der Waals surface area contributed by atoms with E-state index < -0.39 is 0 Å². The van der Waals surface area contributed by atoms with Gasteiger partial charge in [-0.05, 0) is 18.3 Å². The summed E-state index contributed by atoms with van der Waals surface area (Å²) in [6.45, 7) is 9.42. The molecule has 0 spiro atoms. The minimum absolute atomic E-state index is 0.172. The lowest BCUT2D eigenvalue weighted by Gasteiger charge is -2.27. The van der Waals surface area contributed by atoms with Crippen molar-refractivity contribution >= 4 is 17.8 Å². The third kappa shape index (κ3) is 3.69. The Morgan fingerprint density at radius 3 is 2.40 bits per heavy atom. The maximum atomic E-state index is 5.47. The van der Waals surface area contributed by atoms with Crippen LogP contribution in [0.1, 0.15) is 33.6 Å². The van der Waals surface area contributed by atoms with Crippen molar-refractivity contribution in [2.24, 2.45) is 11.3 Å². The maximum absolute atomic E-state index is 5.47. The van der Waals surface area contributed by atoms with Gasteiger partial charge in [-0.2, -0.15) is 15.0 Å². The van der Waals surface area contributed by atoms with Crippen LogP contribution in [-0.2, 0) is 0 Å². The summed E-state index contributed by atoms with van der Waals surface area (Å²) in [7, 11) is 1.99. The molecular weight excluding hydrogens is 254 g/mol. The van der Waals surface area contributed by atoms with Crippen molar-refractivity contribution in [3.05, 3.63) is 0 Å². The minimum atomic E-state index is 0.172. The van der Waals surface area contributed by atoms with Gasteiger partial charge < -0.3 is 9.80 Å². The lowest BCUT2D eigenvalue weighted by molar-refractivity contribution is 0.416. The van der Waals surface area contributed by atoms with Crippen molar-refractivity contribution in [1.29, 1.82) is 0 Å². The van der Waals surface area contributed by atoms with Gasteiger partial charge in [0, 0.05) is 26.7 Å². The van der Waals surface area contributed by atoms with E-state index in [-0.39, 0.29) is 5.41 Å². The highest BCUT2D eigenvalue weighted by molar-refractivity contribution is 5.45. The summed E-state index contributed by atoms with van der Waals surface area (Å²) >= 11 is 0. The summed E-state index contributed by atoms with van der Waals surface area (Å²) in [4.78, 5) is 17.5. The van der Waals surface area contributed by atoms with E-state index in [1.54, 1.807) is 0 Å². The predicted molar refractivity (Wildman–Crippen MR) is 81.8 cm³/mol. The van der Waals surface area contributed by atoms with Crippen LogP contribution in [-0.4, -0.2) is 41.6 Å². The summed E-state index contributed by atoms with van der Waals surface area (Å²) in [6, 6.07) is 0. The Balaban J connectivity index is 2.25. The Kier molecular flexibility index (Phi) is 4.27. The zero-order chi connectivity index (χ0) is 14.8. The van der Waals surface area contributed by atoms with E-state index in [9.17, 15) is 0 Å². The molecule has 20 heavy (non-hydrogen) atoms. The van der Waals surface area contributed by atoms with Crippen molar-refractivity contribution < 1.29 is 0 Å². The van der Waals surface area contributed by atoms with E-state index in [2.05, 4.69) is 46.0 Å². The first-order valence-corrected chi connectivity index (χ1v) is 7.08. The average Bonchev–Trinajstić information content (AvgIpc) is 2.90. The molecule has 2 rings (SSSR count). The van der Waals surface area contributed by atoms with Crippen LogP contribution in [0.3, 0.4) is 0 Å². The van der Waals surface area contributed by atoms with E-state index >= 15 is 0 Å². The summed E-state index contributed by atoms with van der Waals surface area (Å²) in [5.41, 5.74) is 2.71. The third-order valence-electron chi connectivity index (χ3n) is 3.18. The number of rotatable bonds is 4. The fourth-order valence-electron chi connectivity index (χ4n) is 2.43. The van der Waals surface area contributed by atoms with Crippen LogP contribution in [0.2, 0.25) is 0 Å². The highest BCUT2D eigenvalue weighted by Crippen LogP contribution is 2.22. The average molecular weight is 279 g/mol. The van der Waals surface area contributed by atoms with Crippen molar-refractivity contribution in [3.63, 3.8) is 0 Å². The Labute approximate surface area is 120 Å². The Morgan fingerprint density at radius 2 is 1.85 bits per heavy atom. The molecule has 7 heteroatoms. The van der Waals surface area contributed by atoms with E-state index in [1.807, 2.05) is 11.9 Å². The normalized spacial score (nSPS) is 15.6. The molecule has 0 radical (unpaired) electrons. The zero-order valence-corrected chi connectivity index (χ0v) is 12.8. The third-order valence-corrected chi connectivity index (χ3v) is 3.18. The van der Waals surface area contributed by atoms with E-state index in [4.69, 9.17) is 5.84 Å². The largest absolute Gasteiger partial charge is 0.343 e. The Morgan fingerprint density at radius 1 is 1.20 bits per heavy atom. The van der Waals surface area contributed by atoms with Crippen molar-refractivity contribution in [2.45, 2.75) is 33.6 Å². The van der Waals surface area contributed by atoms with E-state index in [0.29, 0.717) is 17.8 Å². The highest BCUT2D eigenvalue weighted by Gasteiger charge is 2.20. The van der Waals surface area contributed by atoms with Gasteiger partial charge in [0.05, 0.1) is 0 Å². The van der Waals surface area contributed by atoms with Gasteiger partial charge in [0.25, 0.3) is 0 Å². The molecule has 3 N–H and O–H groups in total. The maximum Gasteiger partial charge on any atom is 0.243 e. The highest BCUT2D eigenvalue weighted by atomic mass is 15.4. The molecule has 0 saturated carbocycles. The van der Waals surface area contributed by atoms with Gasteiger partial charge in [-0.1, -0.05) is 20.8 Å². The molecule has 112 valence electrons. The van der Waals surface area contributed by atoms with Crippen LogP contribution < -0.4 is 21.1 Å². The van der Waals surface area contributed by atoms with E-state index in [1.165, 1.54) is 12.8 Å². The summed E-state index contributed by atoms with van der Waals surface area (Å²) in [5, 5.41) is 0. The number of anilines is 3. The molecule has 2 heterocycles. The monoisotopic (exact) mass is 279 g/mol. The smallest absolute Gasteiger partial charge is 0.243 e. The number of aromatic nitrogens is 3. The van der Waals surface area contributed by atoms with Crippen molar-refractivity contribution in [1.82, 2.24) is 15.0 Å². The zero-order valence-electron chi connectivity index (χ0n) is 12.8. The molecule has 1 aliphatic rings. The number of nitrogens with zero attached hydrogens (tertiary/aromatic N) is 5. The molecule has 1 fully saturated rings. The standard InChI is InChI=1S/C13H25N7/c1-13(2,3)9-19(4)11-15-10(18-14)16-12(17-11)20-7-5-6-8-20/h5-9,14H2,1-4H3,(H,15,16,17,18). The van der Waals surface area contributed by atoms with Crippen LogP contribution in [0.5, 0.6) is 0 Å². The number of nitrogen functional groups attached to an aromatic ring is 1. The molecule has 1 aliphatic heterocycles. The number of nitrogens with two attached hydrogens (primary N) is 1. The lowest BCUT2D eigenvalue weighted by Crippen LogP contribution is -2.32. The van der Waals surface area contributed by atoms with Gasteiger partial charge >= 0.3 is 0 Å². The molecule has 7 nitrogen and oxygen atoms in total. The lowest BCUT2D eigenvalue weighted by atomic mass is 9.96. The van der Waals surface area contributed by atoms with Gasteiger partial charge in [-0.15, -0.1) is 0 Å². The molecular formula is C13H25N7. The molecule has 0 amide bonds. The van der Waals surface area contributed by atoms with Gasteiger partial charge in [0.1, 0.15) is 0 Å². The van der Waals surface area contributed by atoms with Crippen LogP contribution in [0.4, 0.5) is 17.8 Å². The number of hydrogen-bond acceptors (Lipinski definition) is 7. The predicted octanol–water partition coefficient (Wildman–Crippen LogP) is 1.24. The van der Waals surface area contributed by atoms with Gasteiger partial charge in [0.2, 0.25) is 17.8 Å². The van der Waals surface area contributed by atoms with Crippen LogP contribution in [0, 0.1) is 5.41 Å². The molecule has 0 unspecified atom stereocenters. The summed E-state index contributed by atoms with van der Waals surface area (Å²) in [6.07, 6.45) is 2.37. The molecule has 1 aromatic rings. The Bertz CT molecular complexity index is 449. The van der Waals surface area contributed by atoms with Crippen molar-refractivity contribution in [2.75, 3.05) is 41.9 Å². The van der Waals surface area contributed by atoms with Crippen LogP contribution >= 0.6 is 0 Å². The molecule has 1 saturated heterocycles. The van der Waals surface area contributed by atoms with Gasteiger partial charge in [-0.25, -0.2) is 5.84 Å². The fraction of sp³-hybridized carbons (Fsp3) is 0.769. The summed E-state index contributed by atoms with van der Waals surface area (Å²) in [5.74, 6) is 7.26. The molecule has 0 aliphatic carbocycles. The first-order chi connectivity index (χ1) is 9.39. The first kappa shape index (κ1) is 14.8. The quantitative estimate of drug-likeness (QED) is 0.633. The molecule has 0 atom stereocenters. The SMILES string of the molecule is CN(CC(C)(C)C)c1nc(NN)nc(N2CCCC2)n1. The Hall–Kier alpha value is -1.63. The number of hydrazine groups is 1.